The summed E-state index contributed by atoms with van der Waals surface area (Å²) >= 11 is 0. The molecule has 2 aromatic heterocycles. The van der Waals surface area contributed by atoms with E-state index in [2.05, 4.69) is 71.1 Å². The minimum atomic E-state index is 0.635. The Morgan fingerprint density at radius 2 is 1.87 bits per heavy atom. The third-order valence-electron chi connectivity index (χ3n) is 5.07. The fourth-order valence-electron chi connectivity index (χ4n) is 3.43. The highest BCUT2D eigenvalue weighted by Gasteiger charge is 2.10. The number of H-pyrrole nitrogens is 1. The van der Waals surface area contributed by atoms with Gasteiger partial charge in [-0.1, -0.05) is 54.6 Å². The van der Waals surface area contributed by atoms with E-state index >= 15 is 0 Å². The van der Waals surface area contributed by atoms with Crippen molar-refractivity contribution in [2.75, 3.05) is 14.1 Å². The summed E-state index contributed by atoms with van der Waals surface area (Å²) in [6.45, 7) is 2.17. The molecule has 0 spiro atoms. The second-order valence-corrected chi connectivity index (χ2v) is 7.42. The molecule has 0 aliphatic rings. The van der Waals surface area contributed by atoms with Gasteiger partial charge in [0.15, 0.2) is 5.96 Å². The number of aromatic nitrogens is 4. The molecule has 2 heterocycles. The molecular weight excluding hydrogens is 386 g/mol. The van der Waals surface area contributed by atoms with E-state index in [1.807, 2.05) is 44.0 Å². The highest BCUT2D eigenvalue weighted by molar-refractivity contribution is 5.79. The van der Waals surface area contributed by atoms with Gasteiger partial charge >= 0.3 is 0 Å². The monoisotopic (exact) mass is 413 g/mol. The van der Waals surface area contributed by atoms with Crippen molar-refractivity contribution in [2.45, 2.75) is 19.6 Å². The minimum Gasteiger partial charge on any atom is -0.352 e. The zero-order valence-electron chi connectivity index (χ0n) is 17.9. The molecule has 158 valence electrons. The van der Waals surface area contributed by atoms with E-state index in [1.165, 1.54) is 11.1 Å². The fraction of sp³-hybridized carbons (Fsp3) is 0.208. The summed E-state index contributed by atoms with van der Waals surface area (Å²) in [4.78, 5) is 18.5. The van der Waals surface area contributed by atoms with E-state index in [0.29, 0.717) is 13.1 Å². The summed E-state index contributed by atoms with van der Waals surface area (Å²) in [5, 5.41) is 3.43. The molecule has 0 aliphatic heterocycles. The third kappa shape index (κ3) is 5.39. The van der Waals surface area contributed by atoms with E-state index in [1.54, 1.807) is 13.2 Å². The average molecular weight is 414 g/mol. The van der Waals surface area contributed by atoms with Crippen molar-refractivity contribution in [1.82, 2.24) is 29.7 Å². The van der Waals surface area contributed by atoms with E-state index in [-0.39, 0.29) is 0 Å². The Morgan fingerprint density at radius 3 is 2.58 bits per heavy atom. The molecule has 0 saturated heterocycles. The van der Waals surface area contributed by atoms with Crippen molar-refractivity contribution in [3.63, 3.8) is 0 Å². The van der Waals surface area contributed by atoms with Gasteiger partial charge < -0.3 is 19.8 Å². The Hall–Kier alpha value is -3.87. The quantitative estimate of drug-likeness (QED) is 0.359. The van der Waals surface area contributed by atoms with Gasteiger partial charge in [-0.25, -0.2) is 9.97 Å². The Bertz CT molecular complexity index is 1100. The molecule has 0 bridgehead atoms. The zero-order valence-corrected chi connectivity index (χ0v) is 17.9. The SMILES string of the molecule is CN=C(NCc1ccc(Cn2ccnc2)cc1)N(C)Cc1ncc(-c2ccccc2)[nH]1. The lowest BCUT2D eigenvalue weighted by Crippen LogP contribution is -2.38. The molecule has 4 aromatic rings. The molecule has 2 aromatic carbocycles. The number of imidazole rings is 2. The summed E-state index contributed by atoms with van der Waals surface area (Å²) in [7, 11) is 3.80. The maximum Gasteiger partial charge on any atom is 0.194 e. The van der Waals surface area contributed by atoms with Crippen LogP contribution in [0, 0.1) is 0 Å². The molecule has 31 heavy (non-hydrogen) atoms. The first kappa shape index (κ1) is 20.4. The highest BCUT2D eigenvalue weighted by atomic mass is 15.3. The first-order valence-corrected chi connectivity index (χ1v) is 10.3. The van der Waals surface area contributed by atoms with Crippen LogP contribution < -0.4 is 5.32 Å². The van der Waals surface area contributed by atoms with Gasteiger partial charge in [-0.05, 0) is 16.7 Å². The Kier molecular flexibility index (Phi) is 6.42. The topological polar surface area (TPSA) is 74.1 Å². The van der Waals surface area contributed by atoms with Crippen molar-refractivity contribution < 1.29 is 0 Å². The summed E-state index contributed by atoms with van der Waals surface area (Å²) < 4.78 is 2.06. The lowest BCUT2D eigenvalue weighted by Gasteiger charge is -2.21. The first-order chi connectivity index (χ1) is 15.2. The summed E-state index contributed by atoms with van der Waals surface area (Å²) in [6, 6.07) is 18.8. The molecular formula is C24H27N7. The van der Waals surface area contributed by atoms with Crippen molar-refractivity contribution >= 4 is 5.96 Å². The van der Waals surface area contributed by atoms with Crippen LogP contribution in [0.4, 0.5) is 0 Å². The van der Waals surface area contributed by atoms with Crippen LogP contribution in [-0.2, 0) is 19.6 Å². The van der Waals surface area contributed by atoms with Crippen LogP contribution in [-0.4, -0.2) is 44.5 Å². The largest absolute Gasteiger partial charge is 0.352 e. The van der Waals surface area contributed by atoms with E-state index in [4.69, 9.17) is 0 Å². The highest BCUT2D eigenvalue weighted by Crippen LogP contribution is 2.16. The lowest BCUT2D eigenvalue weighted by atomic mass is 10.1. The van der Waals surface area contributed by atoms with Crippen molar-refractivity contribution in [3.8, 4) is 11.3 Å². The van der Waals surface area contributed by atoms with Gasteiger partial charge in [0.1, 0.15) is 5.82 Å². The van der Waals surface area contributed by atoms with Gasteiger partial charge in [-0.2, -0.15) is 0 Å². The molecule has 4 rings (SSSR count). The molecule has 0 radical (unpaired) electrons. The number of aromatic amines is 1. The lowest BCUT2D eigenvalue weighted by molar-refractivity contribution is 0.464. The van der Waals surface area contributed by atoms with Crippen LogP contribution in [0.15, 0.2) is 84.5 Å². The van der Waals surface area contributed by atoms with E-state index in [9.17, 15) is 0 Å². The number of benzene rings is 2. The Balaban J connectivity index is 1.31. The maximum absolute atomic E-state index is 4.52. The molecule has 7 nitrogen and oxygen atoms in total. The molecule has 0 amide bonds. The summed E-state index contributed by atoms with van der Waals surface area (Å²) in [5.74, 6) is 1.72. The van der Waals surface area contributed by atoms with Crippen LogP contribution in [0.3, 0.4) is 0 Å². The molecule has 7 heteroatoms. The zero-order chi connectivity index (χ0) is 21.5. The molecule has 0 unspecified atom stereocenters. The number of aliphatic imine (C=N–C) groups is 1. The van der Waals surface area contributed by atoms with E-state index in [0.717, 1.165) is 29.6 Å². The number of rotatable bonds is 7. The second kappa shape index (κ2) is 9.75. The van der Waals surface area contributed by atoms with E-state index < -0.39 is 0 Å². The first-order valence-electron chi connectivity index (χ1n) is 10.3. The van der Waals surface area contributed by atoms with Gasteiger partial charge in [-0.15, -0.1) is 0 Å². The third-order valence-corrected chi connectivity index (χ3v) is 5.07. The summed E-state index contributed by atoms with van der Waals surface area (Å²) in [5.41, 5.74) is 4.59. The second-order valence-electron chi connectivity index (χ2n) is 7.42. The van der Waals surface area contributed by atoms with Crippen LogP contribution in [0.2, 0.25) is 0 Å². The van der Waals surface area contributed by atoms with Crippen LogP contribution >= 0.6 is 0 Å². The number of nitrogens with zero attached hydrogens (tertiary/aromatic N) is 5. The predicted molar refractivity (Wildman–Crippen MR) is 123 cm³/mol. The normalized spacial score (nSPS) is 11.5. The van der Waals surface area contributed by atoms with Gasteiger partial charge in [0.2, 0.25) is 0 Å². The van der Waals surface area contributed by atoms with Crippen molar-refractivity contribution in [3.05, 3.63) is 96.5 Å². The van der Waals surface area contributed by atoms with Gasteiger partial charge in [0.05, 0.1) is 24.8 Å². The van der Waals surface area contributed by atoms with Crippen molar-refractivity contribution in [1.29, 1.82) is 0 Å². The Labute approximate surface area is 182 Å². The molecule has 0 atom stereocenters. The maximum atomic E-state index is 4.52. The molecule has 0 aliphatic carbocycles. The average Bonchev–Trinajstić information content (AvgIpc) is 3.48. The predicted octanol–water partition coefficient (Wildman–Crippen LogP) is 3.53. The number of hydrogen-bond donors (Lipinski definition) is 2. The van der Waals surface area contributed by atoms with Crippen LogP contribution in [0.25, 0.3) is 11.3 Å². The Morgan fingerprint density at radius 1 is 1.10 bits per heavy atom. The molecule has 0 saturated carbocycles. The number of guanidine groups is 1. The van der Waals surface area contributed by atoms with Crippen LogP contribution in [0.5, 0.6) is 0 Å². The van der Waals surface area contributed by atoms with Crippen LogP contribution in [0.1, 0.15) is 17.0 Å². The van der Waals surface area contributed by atoms with Gasteiger partial charge in [-0.3, -0.25) is 4.99 Å². The van der Waals surface area contributed by atoms with Crippen molar-refractivity contribution in [2.24, 2.45) is 4.99 Å². The summed E-state index contributed by atoms with van der Waals surface area (Å²) in [6.07, 6.45) is 7.47. The standard InChI is InChI=1S/C24H27N7/c1-25-24(28-14-19-8-10-20(11-9-19)16-31-13-12-26-18-31)30(2)17-23-27-15-22(29-23)21-6-4-3-5-7-21/h3-13,15,18H,14,16-17H2,1-2H3,(H,25,28)(H,27,29). The fourth-order valence-corrected chi connectivity index (χ4v) is 3.43. The molecule has 2 N–H and O–H groups in total. The minimum absolute atomic E-state index is 0.635. The molecule has 0 fully saturated rings. The number of hydrogen-bond acceptors (Lipinski definition) is 3. The van der Waals surface area contributed by atoms with Gasteiger partial charge in [0, 0.05) is 39.6 Å². The van der Waals surface area contributed by atoms with Gasteiger partial charge in [0.25, 0.3) is 0 Å². The number of nitrogens with one attached hydrogen (secondary N) is 2. The smallest absolute Gasteiger partial charge is 0.194 e.